The van der Waals surface area contributed by atoms with E-state index >= 15 is 0 Å². The molecule has 3 heteroatoms. The molecular weight excluding hydrogens is 314 g/mol. The maximum absolute atomic E-state index is 12.1. The highest BCUT2D eigenvalue weighted by Crippen LogP contribution is 2.18. The molecule has 2 aromatic rings. The first kappa shape index (κ1) is 14.5. The number of hydrogen-bond acceptors (Lipinski definition) is 2. The van der Waals surface area contributed by atoms with E-state index in [1.807, 2.05) is 73.6 Å². The fraction of sp³-hybridized carbons (Fsp3) is 0.118. The summed E-state index contributed by atoms with van der Waals surface area (Å²) in [5.74, 6) is -0.00541. The first-order valence-electron chi connectivity index (χ1n) is 6.32. The Morgan fingerprint density at radius 2 is 1.70 bits per heavy atom. The van der Waals surface area contributed by atoms with Crippen LogP contribution in [0.25, 0.3) is 6.08 Å². The average Bonchev–Trinajstić information content (AvgIpc) is 2.45. The highest BCUT2D eigenvalue weighted by molar-refractivity contribution is 9.10. The fourth-order valence-corrected chi connectivity index (χ4v) is 2.29. The summed E-state index contributed by atoms with van der Waals surface area (Å²) in [4.78, 5) is 14.1. The van der Waals surface area contributed by atoms with Crippen LogP contribution in [-0.4, -0.2) is 19.9 Å². The zero-order valence-electron chi connectivity index (χ0n) is 11.5. The summed E-state index contributed by atoms with van der Waals surface area (Å²) in [7, 11) is 4.00. The summed E-state index contributed by atoms with van der Waals surface area (Å²) in [5.41, 5.74) is 2.82. The number of halogens is 1. The van der Waals surface area contributed by atoms with Crippen molar-refractivity contribution in [2.45, 2.75) is 0 Å². The second kappa shape index (κ2) is 6.53. The first-order chi connectivity index (χ1) is 9.58. The van der Waals surface area contributed by atoms with Gasteiger partial charge in [0.05, 0.1) is 0 Å². The van der Waals surface area contributed by atoms with Crippen molar-refractivity contribution in [3.63, 3.8) is 0 Å². The van der Waals surface area contributed by atoms with Crippen LogP contribution in [0.15, 0.2) is 59.1 Å². The molecule has 0 aliphatic carbocycles. The summed E-state index contributed by atoms with van der Waals surface area (Å²) in [6, 6.07) is 15.5. The van der Waals surface area contributed by atoms with Gasteiger partial charge < -0.3 is 4.90 Å². The largest absolute Gasteiger partial charge is 0.378 e. The number of benzene rings is 2. The normalized spacial score (nSPS) is 10.8. The van der Waals surface area contributed by atoms with Gasteiger partial charge in [0.15, 0.2) is 5.78 Å². The van der Waals surface area contributed by atoms with Gasteiger partial charge in [-0.25, -0.2) is 0 Å². The van der Waals surface area contributed by atoms with Gasteiger partial charge in [-0.3, -0.25) is 4.79 Å². The van der Waals surface area contributed by atoms with Crippen LogP contribution in [0.4, 0.5) is 5.69 Å². The number of carbonyl (C=O) groups excluding carboxylic acids is 1. The number of allylic oxidation sites excluding steroid dienone is 1. The van der Waals surface area contributed by atoms with Crippen LogP contribution in [0.3, 0.4) is 0 Å². The summed E-state index contributed by atoms with van der Waals surface area (Å²) in [6.45, 7) is 0. The predicted molar refractivity (Wildman–Crippen MR) is 88.3 cm³/mol. The molecule has 0 saturated carbocycles. The zero-order valence-corrected chi connectivity index (χ0v) is 13.1. The lowest BCUT2D eigenvalue weighted by Gasteiger charge is -2.11. The molecule has 2 rings (SSSR count). The van der Waals surface area contributed by atoms with Gasteiger partial charge in [-0.2, -0.15) is 0 Å². The minimum atomic E-state index is -0.00541. The maximum Gasteiger partial charge on any atom is 0.186 e. The highest BCUT2D eigenvalue weighted by atomic mass is 79.9. The van der Waals surface area contributed by atoms with Crippen molar-refractivity contribution in [3.8, 4) is 0 Å². The molecule has 0 N–H and O–H groups in total. The Hall–Kier alpha value is -1.87. The van der Waals surface area contributed by atoms with Crippen molar-refractivity contribution < 1.29 is 4.79 Å². The monoisotopic (exact) mass is 329 g/mol. The summed E-state index contributed by atoms with van der Waals surface area (Å²) in [6.07, 6.45) is 3.44. The Bertz CT molecular complexity index is 630. The van der Waals surface area contributed by atoms with E-state index in [1.165, 1.54) is 0 Å². The Balaban J connectivity index is 2.13. The van der Waals surface area contributed by atoms with Gasteiger partial charge in [-0.05, 0) is 35.9 Å². The second-order valence-electron chi connectivity index (χ2n) is 4.66. The average molecular weight is 330 g/mol. The number of nitrogens with zero attached hydrogens (tertiary/aromatic N) is 1. The van der Waals surface area contributed by atoms with Crippen LogP contribution in [0.5, 0.6) is 0 Å². The number of hydrogen-bond donors (Lipinski definition) is 0. The minimum Gasteiger partial charge on any atom is -0.378 e. The van der Waals surface area contributed by atoms with Crippen molar-refractivity contribution in [2.24, 2.45) is 0 Å². The van der Waals surface area contributed by atoms with Gasteiger partial charge in [0.2, 0.25) is 0 Å². The molecule has 0 aliphatic heterocycles. The Morgan fingerprint density at radius 1 is 1.05 bits per heavy atom. The SMILES string of the molecule is CN(C)c1ccc(/C=C/C(=O)c2ccccc2Br)cc1. The van der Waals surface area contributed by atoms with E-state index < -0.39 is 0 Å². The van der Waals surface area contributed by atoms with Gasteiger partial charge >= 0.3 is 0 Å². The first-order valence-corrected chi connectivity index (χ1v) is 7.11. The third kappa shape index (κ3) is 3.58. The smallest absolute Gasteiger partial charge is 0.186 e. The van der Waals surface area contributed by atoms with E-state index in [1.54, 1.807) is 6.08 Å². The van der Waals surface area contributed by atoms with Gasteiger partial charge in [0.25, 0.3) is 0 Å². The van der Waals surface area contributed by atoms with Crippen LogP contribution in [0, 0.1) is 0 Å². The number of anilines is 1. The number of rotatable bonds is 4. The molecule has 0 aromatic heterocycles. The lowest BCUT2D eigenvalue weighted by Crippen LogP contribution is -2.07. The van der Waals surface area contributed by atoms with E-state index in [0.29, 0.717) is 5.56 Å². The summed E-state index contributed by atoms with van der Waals surface area (Å²) < 4.78 is 0.817. The number of ketones is 1. The highest BCUT2D eigenvalue weighted by Gasteiger charge is 2.05. The lowest BCUT2D eigenvalue weighted by atomic mass is 10.1. The minimum absolute atomic E-state index is 0.00541. The van der Waals surface area contributed by atoms with Crippen LogP contribution < -0.4 is 4.90 Å². The van der Waals surface area contributed by atoms with Crippen LogP contribution in [0.2, 0.25) is 0 Å². The molecule has 0 unspecified atom stereocenters. The van der Waals surface area contributed by atoms with Crippen LogP contribution in [-0.2, 0) is 0 Å². The molecule has 2 nitrogen and oxygen atoms in total. The topological polar surface area (TPSA) is 20.3 Å². The van der Waals surface area contributed by atoms with E-state index in [4.69, 9.17) is 0 Å². The standard InChI is InChI=1S/C17H16BrNO/c1-19(2)14-10-7-13(8-11-14)9-12-17(20)15-5-3-4-6-16(15)18/h3-12H,1-2H3/b12-9+. The zero-order chi connectivity index (χ0) is 14.5. The Kier molecular flexibility index (Phi) is 4.74. The van der Waals surface area contributed by atoms with Crippen molar-refractivity contribution >= 4 is 33.5 Å². The summed E-state index contributed by atoms with van der Waals surface area (Å²) >= 11 is 3.39. The molecule has 0 heterocycles. The molecule has 102 valence electrons. The molecule has 20 heavy (non-hydrogen) atoms. The molecule has 0 saturated heterocycles. The second-order valence-corrected chi connectivity index (χ2v) is 5.52. The molecule has 0 aliphatic rings. The van der Waals surface area contributed by atoms with Gasteiger partial charge in [-0.15, -0.1) is 0 Å². The van der Waals surface area contributed by atoms with E-state index in [2.05, 4.69) is 15.9 Å². The molecule has 0 radical (unpaired) electrons. The fourth-order valence-electron chi connectivity index (χ4n) is 1.81. The lowest BCUT2D eigenvalue weighted by molar-refractivity contribution is 0.104. The van der Waals surface area contributed by atoms with Gasteiger partial charge in [0.1, 0.15) is 0 Å². The van der Waals surface area contributed by atoms with Crippen molar-refractivity contribution in [3.05, 3.63) is 70.2 Å². The molecular formula is C17H16BrNO. The van der Waals surface area contributed by atoms with Crippen molar-refractivity contribution in [2.75, 3.05) is 19.0 Å². The third-order valence-corrected chi connectivity index (χ3v) is 3.67. The van der Waals surface area contributed by atoms with Crippen molar-refractivity contribution in [1.82, 2.24) is 0 Å². The summed E-state index contributed by atoms with van der Waals surface area (Å²) in [5, 5.41) is 0. The molecule has 0 atom stereocenters. The predicted octanol–water partition coefficient (Wildman–Crippen LogP) is 4.41. The third-order valence-electron chi connectivity index (χ3n) is 2.98. The van der Waals surface area contributed by atoms with Crippen molar-refractivity contribution in [1.29, 1.82) is 0 Å². The molecule has 0 fully saturated rings. The van der Waals surface area contributed by atoms with Gasteiger partial charge in [-0.1, -0.05) is 46.3 Å². The van der Waals surface area contributed by atoms with E-state index in [0.717, 1.165) is 15.7 Å². The van der Waals surface area contributed by atoms with Gasteiger partial charge in [0, 0.05) is 29.8 Å². The molecule has 0 spiro atoms. The van der Waals surface area contributed by atoms with E-state index in [9.17, 15) is 4.79 Å². The Labute approximate surface area is 127 Å². The Morgan fingerprint density at radius 3 is 2.30 bits per heavy atom. The van der Waals surface area contributed by atoms with Crippen LogP contribution >= 0.6 is 15.9 Å². The molecule has 2 aromatic carbocycles. The quantitative estimate of drug-likeness (QED) is 0.611. The van der Waals surface area contributed by atoms with Crippen LogP contribution in [0.1, 0.15) is 15.9 Å². The maximum atomic E-state index is 12.1. The van der Waals surface area contributed by atoms with E-state index in [-0.39, 0.29) is 5.78 Å². The number of carbonyl (C=O) groups is 1. The molecule has 0 bridgehead atoms. The molecule has 0 amide bonds.